The van der Waals surface area contributed by atoms with Gasteiger partial charge in [-0.1, -0.05) is 115 Å². The molecule has 0 amide bonds. The van der Waals surface area contributed by atoms with Crippen LogP contribution in [0.5, 0.6) is 0 Å². The molecule has 4 nitrogen and oxygen atoms in total. The van der Waals surface area contributed by atoms with E-state index in [1.54, 1.807) is 0 Å². The quantitative estimate of drug-likeness (QED) is 0.213. The molecule has 2 aliphatic rings. The third-order valence-electron chi connectivity index (χ3n) is 8.18. The summed E-state index contributed by atoms with van der Waals surface area (Å²) in [5.41, 5.74) is 12.1. The monoisotopic (exact) mass is 552 g/mol. The molecular weight excluding hydrogens is 524 g/mol. The van der Waals surface area contributed by atoms with Crippen LogP contribution in [0.2, 0.25) is 0 Å². The summed E-state index contributed by atoms with van der Waals surface area (Å²) in [6, 6.07) is 57.5. The lowest BCUT2D eigenvalue weighted by Crippen LogP contribution is -2.24. The van der Waals surface area contributed by atoms with Crippen molar-refractivity contribution in [2.24, 2.45) is 10.2 Å². The molecule has 0 saturated heterocycles. The Morgan fingerprint density at radius 1 is 0.349 bits per heavy atom. The first-order valence-corrected chi connectivity index (χ1v) is 14.6. The zero-order valence-electron chi connectivity index (χ0n) is 23.5. The van der Waals surface area contributed by atoms with E-state index in [9.17, 15) is 0 Å². The average molecular weight is 553 g/mol. The number of hydrogen-bond acceptors (Lipinski definition) is 4. The first-order valence-electron chi connectivity index (χ1n) is 14.6. The molecule has 8 rings (SSSR count). The van der Waals surface area contributed by atoms with E-state index < -0.39 is 0 Å². The summed E-state index contributed by atoms with van der Waals surface area (Å²) in [4.78, 5) is 4.70. The van der Waals surface area contributed by atoms with Gasteiger partial charge in [0.05, 0.1) is 40.1 Å². The van der Waals surface area contributed by atoms with E-state index in [1.165, 1.54) is 5.56 Å². The predicted octanol–water partition coefficient (Wildman–Crippen LogP) is 9.93. The Morgan fingerprint density at radius 3 is 1.21 bits per heavy atom. The number of hydrogen-bond donors (Lipinski definition) is 0. The highest BCUT2D eigenvalue weighted by Crippen LogP contribution is 2.53. The molecule has 0 radical (unpaired) electrons. The molecule has 1 unspecified atom stereocenters. The van der Waals surface area contributed by atoms with Gasteiger partial charge >= 0.3 is 0 Å². The van der Waals surface area contributed by atoms with Crippen LogP contribution >= 0.6 is 0 Å². The van der Waals surface area contributed by atoms with Crippen molar-refractivity contribution in [2.45, 2.75) is 5.92 Å². The Morgan fingerprint density at radius 2 is 0.721 bits per heavy atom. The predicted molar refractivity (Wildman–Crippen MR) is 178 cm³/mol. The van der Waals surface area contributed by atoms with E-state index in [2.05, 4.69) is 168 Å². The zero-order valence-corrected chi connectivity index (χ0v) is 23.5. The number of anilines is 6. The normalized spacial score (nSPS) is 15.4. The van der Waals surface area contributed by atoms with E-state index in [0.29, 0.717) is 0 Å². The van der Waals surface area contributed by atoms with Crippen molar-refractivity contribution < 1.29 is 0 Å². The van der Waals surface area contributed by atoms with E-state index in [-0.39, 0.29) is 5.92 Å². The Labute approximate surface area is 251 Å². The molecule has 1 atom stereocenters. The van der Waals surface area contributed by atoms with Crippen LogP contribution in [0, 0.1) is 0 Å². The molecule has 204 valence electrons. The van der Waals surface area contributed by atoms with Crippen LogP contribution in [-0.2, 0) is 0 Å². The average Bonchev–Trinajstić information content (AvgIpc) is 3.54. The van der Waals surface area contributed by atoms with Gasteiger partial charge in [0.2, 0.25) is 0 Å². The van der Waals surface area contributed by atoms with Gasteiger partial charge in [-0.25, -0.2) is 0 Å². The summed E-state index contributed by atoms with van der Waals surface area (Å²) in [7, 11) is 0. The van der Waals surface area contributed by atoms with E-state index in [1.807, 2.05) is 6.07 Å². The summed E-state index contributed by atoms with van der Waals surface area (Å²) in [6.07, 6.45) is 0. The van der Waals surface area contributed by atoms with Crippen molar-refractivity contribution in [2.75, 3.05) is 9.80 Å². The molecule has 0 fully saturated rings. The molecule has 0 spiro atoms. The van der Waals surface area contributed by atoms with Crippen molar-refractivity contribution in [1.82, 2.24) is 0 Å². The highest BCUT2D eigenvalue weighted by atomic mass is 15.3. The van der Waals surface area contributed by atoms with Crippen molar-refractivity contribution in [1.29, 1.82) is 0 Å². The molecule has 0 aliphatic carbocycles. The van der Waals surface area contributed by atoms with Crippen LogP contribution in [0.4, 0.5) is 34.1 Å². The lowest BCUT2D eigenvalue weighted by molar-refractivity contribution is 1.17. The first-order chi connectivity index (χ1) is 21.4. The summed E-state index contributed by atoms with van der Waals surface area (Å²) >= 11 is 0. The highest BCUT2D eigenvalue weighted by molar-refractivity contribution is 6.26. The molecule has 0 aromatic heterocycles. The fraction of sp³-hybridized carbons (Fsp3) is 0.0256. The Hall–Kier alpha value is -5.74. The maximum atomic E-state index is 4.76. The van der Waals surface area contributed by atoms with Crippen LogP contribution < -0.4 is 9.80 Å². The van der Waals surface area contributed by atoms with Crippen LogP contribution in [0.3, 0.4) is 0 Å². The lowest BCUT2D eigenvalue weighted by atomic mass is 9.84. The second-order valence-electron chi connectivity index (χ2n) is 10.7. The van der Waals surface area contributed by atoms with Gasteiger partial charge in [0.1, 0.15) is 0 Å². The van der Waals surface area contributed by atoms with Crippen LogP contribution in [-0.4, -0.2) is 11.4 Å². The third kappa shape index (κ3) is 4.32. The highest BCUT2D eigenvalue weighted by Gasteiger charge is 2.32. The number of rotatable bonds is 5. The lowest BCUT2D eigenvalue weighted by Gasteiger charge is -2.40. The summed E-state index contributed by atoms with van der Waals surface area (Å²) < 4.78 is 0. The minimum Gasteiger partial charge on any atom is -0.306 e. The van der Waals surface area contributed by atoms with Gasteiger partial charge in [0.15, 0.2) is 0 Å². The molecule has 2 aliphatic heterocycles. The minimum absolute atomic E-state index is 0.0367. The van der Waals surface area contributed by atoms with Gasteiger partial charge in [-0.3, -0.25) is 0 Å². The fourth-order valence-corrected chi connectivity index (χ4v) is 6.23. The number of nitrogens with zero attached hydrogens (tertiary/aromatic N) is 4. The summed E-state index contributed by atoms with van der Waals surface area (Å²) in [6.45, 7) is 0. The van der Waals surface area contributed by atoms with Crippen molar-refractivity contribution in [3.63, 3.8) is 0 Å². The van der Waals surface area contributed by atoms with Gasteiger partial charge in [-0.05, 0) is 65.2 Å². The van der Waals surface area contributed by atoms with Crippen LogP contribution in [0.15, 0.2) is 174 Å². The fourth-order valence-electron chi connectivity index (χ4n) is 6.23. The molecule has 6 aromatic rings. The van der Waals surface area contributed by atoms with Gasteiger partial charge < -0.3 is 9.80 Å². The molecule has 6 aromatic carbocycles. The topological polar surface area (TPSA) is 31.2 Å². The third-order valence-corrected chi connectivity index (χ3v) is 8.18. The van der Waals surface area contributed by atoms with E-state index >= 15 is 0 Å². The second kappa shape index (κ2) is 10.6. The second-order valence-corrected chi connectivity index (χ2v) is 10.7. The SMILES string of the molecule is c1ccc(C2=NN=C(c3ccc(N4c5ccccc5N(c5ccccc5)c5ccccc54)cc3)C2c2ccccc2)cc1. The Balaban J connectivity index is 1.19. The summed E-state index contributed by atoms with van der Waals surface area (Å²) in [5, 5.41) is 9.48. The molecule has 0 saturated carbocycles. The van der Waals surface area contributed by atoms with Crippen LogP contribution in [0.25, 0.3) is 0 Å². The standard InChI is InChI=1S/C39H28N4/c1-4-14-28(15-5-1)37-38(29-16-6-2-7-17-29)40-41-39(37)30-24-26-32(27-25-30)43-35-22-12-10-20-33(35)42(31-18-8-3-9-19-31)34-21-11-13-23-36(34)43/h1-27,37H. The van der Waals surface area contributed by atoms with Crippen molar-refractivity contribution in [3.05, 3.63) is 180 Å². The van der Waals surface area contributed by atoms with Gasteiger partial charge in [-0.2, -0.15) is 10.2 Å². The van der Waals surface area contributed by atoms with E-state index in [4.69, 9.17) is 10.2 Å². The number of benzene rings is 6. The first kappa shape index (κ1) is 25.0. The van der Waals surface area contributed by atoms with Gasteiger partial charge in [0, 0.05) is 11.4 Å². The van der Waals surface area contributed by atoms with Gasteiger partial charge in [-0.15, -0.1) is 0 Å². The number of para-hydroxylation sites is 5. The Bertz CT molecular complexity index is 1920. The summed E-state index contributed by atoms with van der Waals surface area (Å²) in [5.74, 6) is -0.0367. The molecule has 0 N–H and O–H groups in total. The van der Waals surface area contributed by atoms with Gasteiger partial charge in [0.25, 0.3) is 0 Å². The Kier molecular flexibility index (Phi) is 6.16. The molecular formula is C39H28N4. The van der Waals surface area contributed by atoms with E-state index in [0.717, 1.165) is 56.7 Å². The smallest absolute Gasteiger partial charge is 0.0838 e. The van der Waals surface area contributed by atoms with Crippen LogP contribution in [0.1, 0.15) is 22.6 Å². The molecule has 2 heterocycles. The molecule has 0 bridgehead atoms. The largest absolute Gasteiger partial charge is 0.306 e. The molecule has 43 heavy (non-hydrogen) atoms. The minimum atomic E-state index is -0.0367. The van der Waals surface area contributed by atoms with Crippen molar-refractivity contribution in [3.8, 4) is 0 Å². The number of fused-ring (bicyclic) bond motifs is 2. The zero-order chi connectivity index (χ0) is 28.6. The van der Waals surface area contributed by atoms with Crippen molar-refractivity contribution >= 4 is 45.5 Å². The maximum absolute atomic E-state index is 4.76. The maximum Gasteiger partial charge on any atom is 0.0838 e. The molecule has 4 heteroatoms.